The highest BCUT2D eigenvalue weighted by Gasteiger charge is 2.16. The van der Waals surface area contributed by atoms with Crippen LogP contribution in [0.5, 0.6) is 0 Å². The molecule has 3 heteroatoms. The van der Waals surface area contributed by atoms with Gasteiger partial charge in [0.2, 0.25) is 0 Å². The van der Waals surface area contributed by atoms with Gasteiger partial charge >= 0.3 is 0 Å². The lowest BCUT2D eigenvalue weighted by Gasteiger charge is -2.26. The van der Waals surface area contributed by atoms with E-state index in [1.165, 1.54) is 84.5 Å². The van der Waals surface area contributed by atoms with E-state index in [1.807, 2.05) is 22.7 Å². The first kappa shape index (κ1) is 32.0. The first-order chi connectivity index (χ1) is 27.2. The van der Waals surface area contributed by atoms with E-state index < -0.39 is 0 Å². The molecule has 0 aliphatic heterocycles. The van der Waals surface area contributed by atoms with Gasteiger partial charge in [-0.05, 0) is 105 Å². The molecule has 2 aromatic heterocycles. The first-order valence-electron chi connectivity index (χ1n) is 18.7. The van der Waals surface area contributed by atoms with Crippen LogP contribution in [0.15, 0.2) is 200 Å². The zero-order chi connectivity index (χ0) is 36.3. The SMILES string of the molecule is c1ccc(-c2cccc(N(c3ccc(-c4ccc5ccc6sc7ccccc7c6c5c4)cc3)c3ccc(-c4cccc5c4sc4ccccc45)cc3)c2)cc1. The van der Waals surface area contributed by atoms with Gasteiger partial charge in [-0.15, -0.1) is 22.7 Å². The lowest BCUT2D eigenvalue weighted by Crippen LogP contribution is -2.10. The molecule has 0 amide bonds. The van der Waals surface area contributed by atoms with Crippen LogP contribution in [0.2, 0.25) is 0 Å². The van der Waals surface area contributed by atoms with Gasteiger partial charge in [-0.1, -0.05) is 140 Å². The van der Waals surface area contributed by atoms with Crippen molar-refractivity contribution >= 4 is 90.9 Å². The van der Waals surface area contributed by atoms with Gasteiger partial charge in [-0.25, -0.2) is 0 Å². The third-order valence-corrected chi connectivity index (χ3v) is 13.2. The Morgan fingerprint density at radius 1 is 0.309 bits per heavy atom. The Labute approximate surface area is 327 Å². The van der Waals surface area contributed by atoms with Crippen LogP contribution in [0.4, 0.5) is 17.1 Å². The highest BCUT2D eigenvalue weighted by Crippen LogP contribution is 2.43. The lowest BCUT2D eigenvalue weighted by molar-refractivity contribution is 1.28. The summed E-state index contributed by atoms with van der Waals surface area (Å²) in [6.07, 6.45) is 0. The third-order valence-electron chi connectivity index (χ3n) is 10.9. The third kappa shape index (κ3) is 5.51. The Morgan fingerprint density at radius 2 is 0.891 bits per heavy atom. The van der Waals surface area contributed by atoms with Crippen molar-refractivity contribution in [2.24, 2.45) is 0 Å². The van der Waals surface area contributed by atoms with Crippen LogP contribution in [0.25, 0.3) is 84.5 Å². The number of fused-ring (bicyclic) bond motifs is 8. The molecule has 0 spiro atoms. The van der Waals surface area contributed by atoms with E-state index in [-0.39, 0.29) is 0 Å². The molecule has 0 N–H and O–H groups in total. The van der Waals surface area contributed by atoms with Crippen LogP contribution >= 0.6 is 22.7 Å². The van der Waals surface area contributed by atoms with Crippen LogP contribution in [0.3, 0.4) is 0 Å². The lowest BCUT2D eigenvalue weighted by atomic mass is 9.98. The number of hydrogen-bond donors (Lipinski definition) is 0. The molecular weight excluding hydrogens is 703 g/mol. The molecule has 0 atom stereocenters. The van der Waals surface area contributed by atoms with E-state index in [0.29, 0.717) is 0 Å². The van der Waals surface area contributed by atoms with Gasteiger partial charge in [0.1, 0.15) is 0 Å². The molecule has 0 saturated heterocycles. The number of benzene rings is 9. The average molecular weight is 736 g/mol. The summed E-state index contributed by atoms with van der Waals surface area (Å²) < 4.78 is 5.33. The summed E-state index contributed by atoms with van der Waals surface area (Å²) in [6.45, 7) is 0. The highest BCUT2D eigenvalue weighted by molar-refractivity contribution is 7.26. The van der Waals surface area contributed by atoms with Gasteiger partial charge in [0.15, 0.2) is 0 Å². The summed E-state index contributed by atoms with van der Waals surface area (Å²) in [6, 6.07) is 73.3. The Kier molecular flexibility index (Phi) is 7.61. The van der Waals surface area contributed by atoms with Crippen LogP contribution in [0, 0.1) is 0 Å². The molecule has 1 nitrogen and oxygen atoms in total. The van der Waals surface area contributed by atoms with E-state index in [4.69, 9.17) is 0 Å². The van der Waals surface area contributed by atoms with Crippen LogP contribution in [-0.4, -0.2) is 0 Å². The second-order valence-electron chi connectivity index (χ2n) is 14.1. The zero-order valence-electron chi connectivity index (χ0n) is 29.8. The number of thiophene rings is 2. The molecule has 0 saturated carbocycles. The van der Waals surface area contributed by atoms with E-state index in [9.17, 15) is 0 Å². The maximum Gasteiger partial charge on any atom is 0.0467 e. The van der Waals surface area contributed by atoms with Crippen LogP contribution < -0.4 is 4.90 Å². The number of rotatable bonds is 6. The second kappa shape index (κ2) is 13.1. The summed E-state index contributed by atoms with van der Waals surface area (Å²) >= 11 is 3.75. The molecule has 0 radical (unpaired) electrons. The van der Waals surface area contributed by atoms with Crippen molar-refractivity contribution in [1.29, 1.82) is 0 Å². The van der Waals surface area contributed by atoms with E-state index >= 15 is 0 Å². The standard InChI is InChI=1S/C52H33NS2/c1-2-10-34(11-3-1)38-12-8-13-42(32-38)53(41-29-24-36(25-30-41)43-16-9-17-45-44-14-4-6-18-48(44)55-52(43)45)40-27-22-35(23-28-40)39-21-20-37-26-31-50-51(47(37)33-39)46-15-5-7-19-49(46)54-50/h1-33H. The molecule has 0 bridgehead atoms. The summed E-state index contributed by atoms with van der Waals surface area (Å²) in [7, 11) is 0. The van der Waals surface area contributed by atoms with Gasteiger partial charge < -0.3 is 4.90 Å². The quantitative estimate of drug-likeness (QED) is 0.164. The predicted octanol–water partition coefficient (Wildman–Crippen LogP) is 16.0. The molecule has 0 fully saturated rings. The molecule has 2 heterocycles. The topological polar surface area (TPSA) is 3.24 Å². The minimum absolute atomic E-state index is 1.11. The van der Waals surface area contributed by atoms with Gasteiger partial charge in [0, 0.05) is 57.4 Å². The van der Waals surface area contributed by atoms with Crippen LogP contribution in [-0.2, 0) is 0 Å². The minimum atomic E-state index is 1.11. The van der Waals surface area contributed by atoms with E-state index in [2.05, 4.69) is 205 Å². The Bertz CT molecular complexity index is 3190. The van der Waals surface area contributed by atoms with Gasteiger partial charge in [0.05, 0.1) is 0 Å². The number of nitrogens with zero attached hydrogens (tertiary/aromatic N) is 1. The Hall–Kier alpha value is -6.52. The van der Waals surface area contributed by atoms with Crippen molar-refractivity contribution in [3.8, 4) is 33.4 Å². The summed E-state index contributed by atoms with van der Waals surface area (Å²) in [4.78, 5) is 2.38. The molecule has 11 aromatic rings. The summed E-state index contributed by atoms with van der Waals surface area (Å²) in [5.41, 5.74) is 10.7. The molecule has 11 rings (SSSR count). The van der Waals surface area contributed by atoms with E-state index in [0.717, 1.165) is 17.1 Å². The largest absolute Gasteiger partial charge is 0.310 e. The Morgan fingerprint density at radius 3 is 1.69 bits per heavy atom. The van der Waals surface area contributed by atoms with Crippen molar-refractivity contribution < 1.29 is 0 Å². The monoisotopic (exact) mass is 735 g/mol. The maximum absolute atomic E-state index is 2.38. The molecule has 258 valence electrons. The van der Waals surface area contributed by atoms with Crippen molar-refractivity contribution in [3.63, 3.8) is 0 Å². The molecule has 0 unspecified atom stereocenters. The fourth-order valence-corrected chi connectivity index (χ4v) is 10.6. The van der Waals surface area contributed by atoms with Gasteiger partial charge in [-0.2, -0.15) is 0 Å². The molecule has 0 aliphatic carbocycles. The number of anilines is 3. The summed E-state index contributed by atoms with van der Waals surface area (Å²) in [5, 5.41) is 7.91. The van der Waals surface area contributed by atoms with Crippen molar-refractivity contribution in [1.82, 2.24) is 0 Å². The van der Waals surface area contributed by atoms with Crippen molar-refractivity contribution in [2.75, 3.05) is 4.90 Å². The fraction of sp³-hybridized carbons (Fsp3) is 0. The maximum atomic E-state index is 2.38. The average Bonchev–Trinajstić information content (AvgIpc) is 3.84. The van der Waals surface area contributed by atoms with Gasteiger partial charge in [0.25, 0.3) is 0 Å². The van der Waals surface area contributed by atoms with E-state index in [1.54, 1.807) is 0 Å². The molecule has 55 heavy (non-hydrogen) atoms. The predicted molar refractivity (Wildman–Crippen MR) is 241 cm³/mol. The molecular formula is C52H33NS2. The number of hydrogen-bond acceptors (Lipinski definition) is 3. The zero-order valence-corrected chi connectivity index (χ0v) is 31.4. The highest BCUT2D eigenvalue weighted by atomic mass is 32.1. The fourth-order valence-electron chi connectivity index (χ4n) is 8.19. The summed E-state index contributed by atoms with van der Waals surface area (Å²) in [5.74, 6) is 0. The van der Waals surface area contributed by atoms with Crippen LogP contribution in [0.1, 0.15) is 0 Å². The minimum Gasteiger partial charge on any atom is -0.310 e. The van der Waals surface area contributed by atoms with Gasteiger partial charge in [-0.3, -0.25) is 0 Å². The molecule has 0 aliphatic rings. The second-order valence-corrected chi connectivity index (χ2v) is 16.2. The van der Waals surface area contributed by atoms with Crippen molar-refractivity contribution in [3.05, 3.63) is 200 Å². The molecule has 9 aromatic carbocycles. The Balaban J connectivity index is 1.01. The van der Waals surface area contributed by atoms with Crippen molar-refractivity contribution in [2.45, 2.75) is 0 Å². The normalized spacial score (nSPS) is 11.6. The first-order valence-corrected chi connectivity index (χ1v) is 20.3. The smallest absolute Gasteiger partial charge is 0.0467 e.